The predicted molar refractivity (Wildman–Crippen MR) is 71.1 cm³/mol. The second-order valence-corrected chi connectivity index (χ2v) is 5.48. The minimum Gasteiger partial charge on any atom is -0.338 e. The lowest BCUT2D eigenvalue weighted by atomic mass is 10.1. The molecule has 18 heavy (non-hydrogen) atoms. The van der Waals surface area contributed by atoms with Crippen LogP contribution in [0.15, 0.2) is 33.3 Å². The van der Waals surface area contributed by atoms with Crippen molar-refractivity contribution >= 4 is 15.9 Å². The molecule has 0 aliphatic heterocycles. The second-order valence-electron chi connectivity index (χ2n) is 4.56. The molecule has 0 saturated heterocycles. The highest BCUT2D eigenvalue weighted by Crippen LogP contribution is 2.19. The Morgan fingerprint density at radius 2 is 2.06 bits per heavy atom. The van der Waals surface area contributed by atoms with Gasteiger partial charge in [-0.1, -0.05) is 33.2 Å². The Morgan fingerprint density at radius 1 is 1.28 bits per heavy atom. The lowest BCUT2D eigenvalue weighted by molar-refractivity contribution is 0.363. The van der Waals surface area contributed by atoms with E-state index in [1.54, 1.807) is 0 Å². The summed E-state index contributed by atoms with van der Waals surface area (Å²) in [5, 5.41) is 7.35. The van der Waals surface area contributed by atoms with Gasteiger partial charge < -0.3 is 9.84 Å². The molecule has 0 radical (unpaired) electrons. The Bertz CT molecular complexity index is 519. The van der Waals surface area contributed by atoms with Gasteiger partial charge in [-0.2, -0.15) is 4.98 Å². The Balaban J connectivity index is 1.60. The van der Waals surface area contributed by atoms with Crippen LogP contribution < -0.4 is 5.32 Å². The van der Waals surface area contributed by atoms with Gasteiger partial charge in [0, 0.05) is 16.9 Å². The zero-order chi connectivity index (χ0) is 12.4. The van der Waals surface area contributed by atoms with E-state index in [1.807, 2.05) is 12.1 Å². The largest absolute Gasteiger partial charge is 0.338 e. The van der Waals surface area contributed by atoms with E-state index in [9.17, 15) is 0 Å². The Morgan fingerprint density at radius 3 is 2.78 bits per heavy atom. The molecule has 3 rings (SSSR count). The normalized spacial score (nSPS) is 14.9. The number of halogens is 1. The van der Waals surface area contributed by atoms with Crippen LogP contribution in [-0.2, 0) is 13.0 Å². The van der Waals surface area contributed by atoms with Crippen LogP contribution in [0, 0.1) is 0 Å². The highest BCUT2D eigenvalue weighted by atomic mass is 79.9. The Kier molecular flexibility index (Phi) is 3.43. The van der Waals surface area contributed by atoms with E-state index in [1.165, 1.54) is 18.4 Å². The summed E-state index contributed by atoms with van der Waals surface area (Å²) in [5.41, 5.74) is 1.18. The number of rotatable bonds is 5. The lowest BCUT2D eigenvalue weighted by Crippen LogP contribution is -2.15. The fourth-order valence-corrected chi connectivity index (χ4v) is 2.00. The smallest absolute Gasteiger partial charge is 0.240 e. The summed E-state index contributed by atoms with van der Waals surface area (Å²) in [5.74, 6) is 1.42. The van der Waals surface area contributed by atoms with E-state index in [0.717, 1.165) is 10.3 Å². The molecule has 1 fully saturated rings. The number of hydrogen-bond acceptors (Lipinski definition) is 4. The summed E-state index contributed by atoms with van der Waals surface area (Å²) in [7, 11) is 0. The van der Waals surface area contributed by atoms with Crippen LogP contribution in [0.2, 0.25) is 0 Å². The van der Waals surface area contributed by atoms with Crippen LogP contribution in [0.5, 0.6) is 0 Å². The van der Waals surface area contributed by atoms with Gasteiger partial charge in [0.05, 0.1) is 6.54 Å². The fraction of sp³-hybridized carbons (Fsp3) is 0.385. The van der Waals surface area contributed by atoms with Crippen molar-refractivity contribution in [2.24, 2.45) is 0 Å². The first-order valence-corrected chi connectivity index (χ1v) is 6.88. The monoisotopic (exact) mass is 307 g/mol. The molecule has 1 N–H and O–H groups in total. The van der Waals surface area contributed by atoms with E-state index >= 15 is 0 Å². The topological polar surface area (TPSA) is 51.0 Å². The van der Waals surface area contributed by atoms with Gasteiger partial charge in [-0.3, -0.25) is 0 Å². The highest BCUT2D eigenvalue weighted by Gasteiger charge is 2.21. The second kappa shape index (κ2) is 5.20. The van der Waals surface area contributed by atoms with E-state index in [0.29, 0.717) is 24.9 Å². The third-order valence-electron chi connectivity index (χ3n) is 2.90. The number of benzene rings is 1. The summed E-state index contributed by atoms with van der Waals surface area (Å²) in [6.45, 7) is 0.679. The van der Waals surface area contributed by atoms with Gasteiger partial charge in [0.15, 0.2) is 5.82 Å². The van der Waals surface area contributed by atoms with Crippen molar-refractivity contribution in [1.29, 1.82) is 0 Å². The molecule has 1 aromatic heterocycles. The van der Waals surface area contributed by atoms with Crippen LogP contribution in [0.4, 0.5) is 0 Å². The highest BCUT2D eigenvalue weighted by molar-refractivity contribution is 9.10. The van der Waals surface area contributed by atoms with Gasteiger partial charge >= 0.3 is 0 Å². The maximum absolute atomic E-state index is 5.21. The summed E-state index contributed by atoms with van der Waals surface area (Å²) in [4.78, 5) is 4.38. The third kappa shape index (κ3) is 3.17. The molecule has 1 heterocycles. The van der Waals surface area contributed by atoms with Crippen molar-refractivity contribution in [2.75, 3.05) is 0 Å². The third-order valence-corrected chi connectivity index (χ3v) is 3.43. The molecule has 0 atom stereocenters. The Hall–Kier alpha value is -1.20. The van der Waals surface area contributed by atoms with Gasteiger partial charge in [0.1, 0.15) is 0 Å². The zero-order valence-electron chi connectivity index (χ0n) is 9.90. The summed E-state index contributed by atoms with van der Waals surface area (Å²) in [6, 6.07) is 8.81. The minimum absolute atomic E-state index is 0.659. The molecule has 1 aromatic carbocycles. The van der Waals surface area contributed by atoms with Crippen molar-refractivity contribution in [1.82, 2.24) is 15.5 Å². The van der Waals surface area contributed by atoms with Crippen molar-refractivity contribution < 1.29 is 4.52 Å². The maximum atomic E-state index is 5.21. The lowest BCUT2D eigenvalue weighted by Gasteiger charge is -1.96. The molecular formula is C13H14BrN3O. The van der Waals surface area contributed by atoms with Crippen molar-refractivity contribution in [3.05, 3.63) is 46.0 Å². The molecule has 5 heteroatoms. The summed E-state index contributed by atoms with van der Waals surface area (Å²) < 4.78 is 6.28. The molecule has 1 aliphatic rings. The van der Waals surface area contributed by atoms with Gasteiger partial charge in [0.25, 0.3) is 0 Å². The average Bonchev–Trinajstić information content (AvgIpc) is 3.10. The molecule has 94 valence electrons. The fourth-order valence-electron chi connectivity index (χ4n) is 1.74. The number of hydrogen-bond donors (Lipinski definition) is 1. The average molecular weight is 308 g/mol. The zero-order valence-corrected chi connectivity index (χ0v) is 11.5. The van der Waals surface area contributed by atoms with E-state index in [2.05, 4.69) is 43.5 Å². The van der Waals surface area contributed by atoms with Crippen molar-refractivity contribution in [3.63, 3.8) is 0 Å². The maximum Gasteiger partial charge on any atom is 0.240 e. The minimum atomic E-state index is 0.659. The predicted octanol–water partition coefficient (Wildman–Crippen LogP) is 2.67. The molecule has 0 spiro atoms. The number of nitrogens with zero attached hydrogens (tertiary/aromatic N) is 2. The summed E-state index contributed by atoms with van der Waals surface area (Å²) >= 11 is 3.42. The quantitative estimate of drug-likeness (QED) is 0.922. The van der Waals surface area contributed by atoms with E-state index in [-0.39, 0.29) is 0 Å². The Labute approximate surface area is 114 Å². The first-order chi connectivity index (χ1) is 8.79. The van der Waals surface area contributed by atoms with Crippen LogP contribution in [0.25, 0.3) is 0 Å². The number of aromatic nitrogens is 2. The van der Waals surface area contributed by atoms with Crippen molar-refractivity contribution in [2.45, 2.75) is 31.8 Å². The van der Waals surface area contributed by atoms with Crippen LogP contribution in [0.3, 0.4) is 0 Å². The molecule has 4 nitrogen and oxygen atoms in total. The van der Waals surface area contributed by atoms with Gasteiger partial charge in [-0.05, 0) is 30.5 Å². The summed E-state index contributed by atoms with van der Waals surface area (Å²) in [6.07, 6.45) is 3.24. The molecule has 1 aliphatic carbocycles. The van der Waals surface area contributed by atoms with Crippen LogP contribution in [0.1, 0.15) is 30.1 Å². The SMILES string of the molecule is Brc1ccc(Cc2noc(CNC3CC3)n2)cc1. The van der Waals surface area contributed by atoms with Gasteiger partial charge in [-0.25, -0.2) is 0 Å². The first kappa shape index (κ1) is 11.9. The molecular weight excluding hydrogens is 294 g/mol. The van der Waals surface area contributed by atoms with E-state index in [4.69, 9.17) is 4.52 Å². The number of nitrogens with one attached hydrogen (secondary N) is 1. The van der Waals surface area contributed by atoms with Crippen molar-refractivity contribution in [3.8, 4) is 0 Å². The molecule has 1 saturated carbocycles. The van der Waals surface area contributed by atoms with E-state index < -0.39 is 0 Å². The molecule has 0 bridgehead atoms. The molecule has 0 amide bonds. The first-order valence-electron chi connectivity index (χ1n) is 6.09. The molecule has 0 unspecified atom stereocenters. The van der Waals surface area contributed by atoms with Gasteiger partial charge in [0.2, 0.25) is 5.89 Å². The van der Waals surface area contributed by atoms with Gasteiger partial charge in [-0.15, -0.1) is 0 Å². The molecule has 2 aromatic rings. The van der Waals surface area contributed by atoms with Crippen LogP contribution in [-0.4, -0.2) is 16.2 Å². The van der Waals surface area contributed by atoms with Crippen LogP contribution >= 0.6 is 15.9 Å². The standard InChI is InChI=1S/C13H14BrN3O/c14-10-3-1-9(2-4-10)7-12-16-13(18-17-12)8-15-11-5-6-11/h1-4,11,15H,5-8H2.